The molecule has 0 unspecified atom stereocenters. The van der Waals surface area contributed by atoms with Crippen LogP contribution >= 0.6 is 0 Å². The van der Waals surface area contributed by atoms with Crippen LogP contribution in [0.15, 0.2) is 11.6 Å². The molecule has 1 aliphatic heterocycles. The molecule has 2 rings (SSSR count). The third-order valence-electron chi connectivity index (χ3n) is 3.27. The Balaban J connectivity index is 1.97. The van der Waals surface area contributed by atoms with Crippen molar-refractivity contribution in [1.82, 2.24) is 4.90 Å². The molecular weight excluding hydrogens is 162 g/mol. The highest BCUT2D eigenvalue weighted by Gasteiger charge is 2.38. The number of likely N-dealkylation sites (tertiary alicyclic amines) is 1. The summed E-state index contributed by atoms with van der Waals surface area (Å²) in [6.07, 6.45) is 6.54. The molecule has 1 amide bonds. The molecule has 0 aromatic heterocycles. The average Bonchev–Trinajstić information content (AvgIpc) is 1.95. The minimum Gasteiger partial charge on any atom is -0.334 e. The van der Waals surface area contributed by atoms with Gasteiger partial charge in [-0.3, -0.25) is 4.79 Å². The Kier molecular flexibility index (Phi) is 1.94. The molecule has 2 fully saturated rings. The molecule has 1 saturated heterocycles. The quantitative estimate of drug-likeness (QED) is 0.564. The average molecular weight is 179 g/mol. The Labute approximate surface area is 79.6 Å². The van der Waals surface area contributed by atoms with Crippen LogP contribution in [0, 0.1) is 0 Å². The highest BCUT2D eigenvalue weighted by molar-refractivity contribution is 5.89. The summed E-state index contributed by atoms with van der Waals surface area (Å²) in [7, 11) is 0. The molecule has 1 heterocycles. The summed E-state index contributed by atoms with van der Waals surface area (Å²) in [5.74, 6) is 0.228. The molecule has 1 aliphatic carbocycles. The van der Waals surface area contributed by atoms with Gasteiger partial charge >= 0.3 is 0 Å². The van der Waals surface area contributed by atoms with Crippen molar-refractivity contribution in [3.63, 3.8) is 0 Å². The predicted octanol–water partition coefficient (Wildman–Crippen LogP) is 2.11. The van der Waals surface area contributed by atoms with Gasteiger partial charge in [0.2, 0.25) is 5.91 Å². The van der Waals surface area contributed by atoms with Gasteiger partial charge in [-0.1, -0.05) is 5.57 Å². The molecular formula is C11H17NO. The second kappa shape index (κ2) is 2.86. The van der Waals surface area contributed by atoms with Crippen molar-refractivity contribution in [3.8, 4) is 0 Å². The van der Waals surface area contributed by atoms with Crippen molar-refractivity contribution >= 4 is 5.91 Å². The first-order valence-corrected chi connectivity index (χ1v) is 5.11. The van der Waals surface area contributed by atoms with Crippen LogP contribution in [0.1, 0.15) is 39.5 Å². The van der Waals surface area contributed by atoms with Crippen LogP contribution in [0.25, 0.3) is 0 Å². The van der Waals surface area contributed by atoms with Gasteiger partial charge in [0, 0.05) is 18.2 Å². The van der Waals surface area contributed by atoms with E-state index in [2.05, 4.69) is 13.8 Å². The second-order valence-electron chi connectivity index (χ2n) is 4.71. The molecule has 0 aromatic carbocycles. The summed E-state index contributed by atoms with van der Waals surface area (Å²) in [5, 5.41) is 0. The van der Waals surface area contributed by atoms with Gasteiger partial charge in [-0.25, -0.2) is 0 Å². The smallest absolute Gasteiger partial charge is 0.246 e. The van der Waals surface area contributed by atoms with E-state index in [0.29, 0.717) is 0 Å². The molecule has 2 aliphatic rings. The lowest BCUT2D eigenvalue weighted by Crippen LogP contribution is -2.58. The van der Waals surface area contributed by atoms with E-state index in [-0.39, 0.29) is 11.4 Å². The van der Waals surface area contributed by atoms with E-state index in [9.17, 15) is 4.79 Å². The summed E-state index contributed by atoms with van der Waals surface area (Å²) >= 11 is 0. The minimum atomic E-state index is 0.109. The largest absolute Gasteiger partial charge is 0.334 e. The molecule has 0 N–H and O–H groups in total. The van der Waals surface area contributed by atoms with E-state index in [1.165, 1.54) is 12.0 Å². The molecule has 72 valence electrons. The van der Waals surface area contributed by atoms with Gasteiger partial charge in [0.25, 0.3) is 0 Å². The van der Waals surface area contributed by atoms with Gasteiger partial charge in [-0.15, -0.1) is 0 Å². The number of carbonyl (C=O) groups excluding carboxylic acids is 1. The van der Waals surface area contributed by atoms with Gasteiger partial charge in [-0.05, 0) is 39.5 Å². The SMILES string of the molecule is CC1(C)CCN1C(=O)C=C1CCC1. The maximum atomic E-state index is 11.7. The van der Waals surface area contributed by atoms with Gasteiger partial charge in [0.1, 0.15) is 0 Å². The molecule has 2 heteroatoms. The second-order valence-corrected chi connectivity index (χ2v) is 4.71. The van der Waals surface area contributed by atoms with Crippen molar-refractivity contribution in [3.05, 3.63) is 11.6 Å². The van der Waals surface area contributed by atoms with E-state index in [1.54, 1.807) is 0 Å². The van der Waals surface area contributed by atoms with Gasteiger partial charge in [-0.2, -0.15) is 0 Å². The molecule has 1 saturated carbocycles. The van der Waals surface area contributed by atoms with Crippen LogP contribution in [0.5, 0.6) is 0 Å². The maximum Gasteiger partial charge on any atom is 0.246 e. The number of carbonyl (C=O) groups is 1. The number of rotatable bonds is 1. The monoisotopic (exact) mass is 179 g/mol. The molecule has 2 nitrogen and oxygen atoms in total. The number of hydrogen-bond acceptors (Lipinski definition) is 1. The zero-order chi connectivity index (χ0) is 9.47. The van der Waals surface area contributed by atoms with Crippen molar-refractivity contribution in [1.29, 1.82) is 0 Å². The van der Waals surface area contributed by atoms with Crippen molar-refractivity contribution in [2.24, 2.45) is 0 Å². The summed E-state index contributed by atoms with van der Waals surface area (Å²) in [6, 6.07) is 0. The number of nitrogens with zero attached hydrogens (tertiary/aromatic N) is 1. The van der Waals surface area contributed by atoms with Crippen molar-refractivity contribution in [2.75, 3.05) is 6.54 Å². The normalized spacial score (nSPS) is 24.8. The van der Waals surface area contributed by atoms with E-state index in [0.717, 1.165) is 25.8 Å². The molecule has 0 spiro atoms. The highest BCUT2D eigenvalue weighted by atomic mass is 16.2. The molecule has 0 aromatic rings. The Morgan fingerprint density at radius 3 is 2.46 bits per heavy atom. The number of hydrogen-bond donors (Lipinski definition) is 0. The fraction of sp³-hybridized carbons (Fsp3) is 0.727. The Bertz CT molecular complexity index is 259. The predicted molar refractivity (Wildman–Crippen MR) is 52.3 cm³/mol. The first-order valence-electron chi connectivity index (χ1n) is 5.11. The molecule has 0 radical (unpaired) electrons. The lowest BCUT2D eigenvalue weighted by Gasteiger charge is -2.48. The van der Waals surface area contributed by atoms with Gasteiger partial charge in [0.05, 0.1) is 0 Å². The fourth-order valence-electron chi connectivity index (χ4n) is 1.86. The fourth-order valence-corrected chi connectivity index (χ4v) is 1.86. The zero-order valence-electron chi connectivity index (χ0n) is 8.47. The highest BCUT2D eigenvalue weighted by Crippen LogP contribution is 2.31. The van der Waals surface area contributed by atoms with Gasteiger partial charge in [0.15, 0.2) is 0 Å². The Morgan fingerprint density at radius 1 is 1.46 bits per heavy atom. The van der Waals surface area contributed by atoms with Crippen LogP contribution in [-0.2, 0) is 4.79 Å². The zero-order valence-corrected chi connectivity index (χ0v) is 8.47. The lowest BCUT2D eigenvalue weighted by molar-refractivity contribution is -0.139. The number of amides is 1. The third kappa shape index (κ3) is 1.50. The van der Waals surface area contributed by atoms with E-state index >= 15 is 0 Å². The number of allylic oxidation sites excluding steroid dienone is 1. The minimum absolute atomic E-state index is 0.109. The summed E-state index contributed by atoms with van der Waals surface area (Å²) in [5.41, 5.74) is 1.45. The van der Waals surface area contributed by atoms with Crippen LogP contribution in [0.4, 0.5) is 0 Å². The van der Waals surface area contributed by atoms with Crippen molar-refractivity contribution < 1.29 is 4.79 Å². The Hall–Kier alpha value is -0.790. The standard InChI is InChI=1S/C11H17NO/c1-11(2)6-7-12(11)10(13)8-9-4-3-5-9/h8H,3-7H2,1-2H3. The summed E-state index contributed by atoms with van der Waals surface area (Å²) in [6.45, 7) is 5.21. The van der Waals surface area contributed by atoms with E-state index in [1.807, 2.05) is 11.0 Å². The first kappa shape index (κ1) is 8.79. The molecule has 0 bridgehead atoms. The van der Waals surface area contributed by atoms with Crippen molar-refractivity contribution in [2.45, 2.75) is 45.1 Å². The van der Waals surface area contributed by atoms with E-state index in [4.69, 9.17) is 0 Å². The molecule has 13 heavy (non-hydrogen) atoms. The van der Waals surface area contributed by atoms with Gasteiger partial charge < -0.3 is 4.90 Å². The molecule has 0 atom stereocenters. The van der Waals surface area contributed by atoms with E-state index < -0.39 is 0 Å². The summed E-state index contributed by atoms with van der Waals surface area (Å²) < 4.78 is 0. The third-order valence-corrected chi connectivity index (χ3v) is 3.27. The van der Waals surface area contributed by atoms with Crippen LogP contribution in [0.3, 0.4) is 0 Å². The maximum absolute atomic E-state index is 11.7. The van der Waals surface area contributed by atoms with Crippen LogP contribution < -0.4 is 0 Å². The first-order chi connectivity index (χ1) is 6.09. The summed E-state index contributed by atoms with van der Waals surface area (Å²) in [4.78, 5) is 13.7. The lowest BCUT2D eigenvalue weighted by atomic mass is 9.87. The topological polar surface area (TPSA) is 20.3 Å². The van der Waals surface area contributed by atoms with Crippen LogP contribution in [0.2, 0.25) is 0 Å². The van der Waals surface area contributed by atoms with Crippen LogP contribution in [-0.4, -0.2) is 22.9 Å². The Morgan fingerprint density at radius 2 is 2.15 bits per heavy atom.